The lowest BCUT2D eigenvalue weighted by molar-refractivity contribution is 0.304. The minimum absolute atomic E-state index is 0.933. The van der Waals surface area contributed by atoms with Crippen LogP contribution in [0.15, 0.2) is 0 Å². The molecule has 78 valence electrons. The summed E-state index contributed by atoms with van der Waals surface area (Å²) in [6.07, 6.45) is 7.22. The molecule has 0 spiro atoms. The smallest absolute Gasteiger partial charge is 0.00209 e. The van der Waals surface area contributed by atoms with Crippen LogP contribution in [-0.4, -0.2) is 13.6 Å². The quantitative estimate of drug-likeness (QED) is 0.691. The molecule has 3 atom stereocenters. The van der Waals surface area contributed by atoms with Gasteiger partial charge in [0.15, 0.2) is 0 Å². The molecule has 0 aliphatic heterocycles. The van der Waals surface area contributed by atoms with Crippen LogP contribution in [0.3, 0.4) is 0 Å². The predicted octanol–water partition coefficient (Wildman–Crippen LogP) is 3.06. The fourth-order valence-electron chi connectivity index (χ4n) is 2.64. The summed E-state index contributed by atoms with van der Waals surface area (Å²) in [6, 6.07) is 0. The SMILES string of the molecule is CCC(C)CC1CCCC1CNC. The van der Waals surface area contributed by atoms with Gasteiger partial charge in [-0.25, -0.2) is 0 Å². The Kier molecular flexibility index (Phi) is 4.79. The molecular formula is C12H25N. The van der Waals surface area contributed by atoms with Gasteiger partial charge in [0, 0.05) is 0 Å². The van der Waals surface area contributed by atoms with E-state index in [1.807, 2.05) is 0 Å². The van der Waals surface area contributed by atoms with E-state index in [0.29, 0.717) is 0 Å². The first-order valence-electron chi connectivity index (χ1n) is 5.92. The van der Waals surface area contributed by atoms with E-state index in [9.17, 15) is 0 Å². The Bertz CT molecular complexity index is 133. The minimum atomic E-state index is 0.933. The minimum Gasteiger partial charge on any atom is -0.319 e. The van der Waals surface area contributed by atoms with E-state index in [4.69, 9.17) is 0 Å². The van der Waals surface area contributed by atoms with Crippen LogP contribution in [0.5, 0.6) is 0 Å². The maximum absolute atomic E-state index is 3.33. The topological polar surface area (TPSA) is 12.0 Å². The van der Waals surface area contributed by atoms with Gasteiger partial charge in [-0.2, -0.15) is 0 Å². The predicted molar refractivity (Wildman–Crippen MR) is 58.8 cm³/mol. The summed E-state index contributed by atoms with van der Waals surface area (Å²) in [7, 11) is 2.08. The third-order valence-electron chi connectivity index (χ3n) is 3.68. The van der Waals surface area contributed by atoms with Gasteiger partial charge in [-0.3, -0.25) is 0 Å². The summed E-state index contributed by atoms with van der Waals surface area (Å²) >= 11 is 0. The Morgan fingerprint density at radius 2 is 2.00 bits per heavy atom. The zero-order valence-corrected chi connectivity index (χ0v) is 9.47. The molecule has 0 saturated heterocycles. The third kappa shape index (κ3) is 3.30. The lowest BCUT2D eigenvalue weighted by Gasteiger charge is -2.22. The largest absolute Gasteiger partial charge is 0.319 e. The van der Waals surface area contributed by atoms with Gasteiger partial charge in [0.2, 0.25) is 0 Å². The molecule has 3 unspecified atom stereocenters. The third-order valence-corrected chi connectivity index (χ3v) is 3.68. The molecule has 0 aromatic heterocycles. The standard InChI is InChI=1S/C12H25N/c1-4-10(2)8-11-6-5-7-12(11)9-13-3/h10-13H,4-9H2,1-3H3. The van der Waals surface area contributed by atoms with Gasteiger partial charge >= 0.3 is 0 Å². The Balaban J connectivity index is 2.30. The Morgan fingerprint density at radius 3 is 2.62 bits per heavy atom. The lowest BCUT2D eigenvalue weighted by atomic mass is 9.86. The van der Waals surface area contributed by atoms with Gasteiger partial charge in [0.1, 0.15) is 0 Å². The molecule has 1 heteroatoms. The zero-order valence-electron chi connectivity index (χ0n) is 9.47. The molecule has 0 bridgehead atoms. The highest BCUT2D eigenvalue weighted by atomic mass is 14.8. The van der Waals surface area contributed by atoms with Crippen molar-refractivity contribution in [3.8, 4) is 0 Å². The van der Waals surface area contributed by atoms with Crippen molar-refractivity contribution in [1.29, 1.82) is 0 Å². The average Bonchev–Trinajstić information content (AvgIpc) is 2.54. The van der Waals surface area contributed by atoms with Crippen molar-refractivity contribution in [2.45, 2.75) is 46.0 Å². The van der Waals surface area contributed by atoms with Gasteiger partial charge in [-0.1, -0.05) is 33.1 Å². The van der Waals surface area contributed by atoms with Crippen LogP contribution in [0.1, 0.15) is 46.0 Å². The molecule has 1 aliphatic carbocycles. The first kappa shape index (κ1) is 11.0. The molecule has 0 amide bonds. The van der Waals surface area contributed by atoms with Gasteiger partial charge < -0.3 is 5.32 Å². The van der Waals surface area contributed by atoms with Crippen molar-refractivity contribution in [2.75, 3.05) is 13.6 Å². The van der Waals surface area contributed by atoms with Crippen LogP contribution in [0, 0.1) is 17.8 Å². The molecule has 0 radical (unpaired) electrons. The van der Waals surface area contributed by atoms with E-state index >= 15 is 0 Å². The normalized spacial score (nSPS) is 30.7. The van der Waals surface area contributed by atoms with Crippen molar-refractivity contribution in [1.82, 2.24) is 5.32 Å². The summed E-state index contributed by atoms with van der Waals surface area (Å²) in [5.74, 6) is 2.92. The molecule has 13 heavy (non-hydrogen) atoms. The van der Waals surface area contributed by atoms with Gasteiger partial charge in [0.05, 0.1) is 0 Å². The first-order valence-corrected chi connectivity index (χ1v) is 5.92. The Hall–Kier alpha value is -0.0400. The van der Waals surface area contributed by atoms with Crippen LogP contribution in [-0.2, 0) is 0 Å². The number of nitrogens with one attached hydrogen (secondary N) is 1. The molecule has 0 heterocycles. The van der Waals surface area contributed by atoms with E-state index in [-0.39, 0.29) is 0 Å². The number of hydrogen-bond acceptors (Lipinski definition) is 1. The van der Waals surface area contributed by atoms with E-state index in [2.05, 4.69) is 26.2 Å². The van der Waals surface area contributed by atoms with E-state index in [1.165, 1.54) is 38.6 Å². The van der Waals surface area contributed by atoms with Gasteiger partial charge in [-0.05, 0) is 44.2 Å². The molecule has 0 aromatic carbocycles. The van der Waals surface area contributed by atoms with Crippen molar-refractivity contribution in [3.05, 3.63) is 0 Å². The summed E-state index contributed by atoms with van der Waals surface area (Å²) in [4.78, 5) is 0. The summed E-state index contributed by atoms with van der Waals surface area (Å²) in [5, 5.41) is 3.33. The monoisotopic (exact) mass is 183 g/mol. The average molecular weight is 183 g/mol. The summed E-state index contributed by atoms with van der Waals surface area (Å²) in [5.41, 5.74) is 0. The fourth-order valence-corrected chi connectivity index (χ4v) is 2.64. The molecule has 1 aliphatic rings. The second-order valence-corrected chi connectivity index (χ2v) is 4.76. The van der Waals surface area contributed by atoms with Crippen LogP contribution in [0.2, 0.25) is 0 Å². The lowest BCUT2D eigenvalue weighted by Crippen LogP contribution is -2.23. The highest BCUT2D eigenvalue weighted by Crippen LogP contribution is 2.36. The van der Waals surface area contributed by atoms with E-state index < -0.39 is 0 Å². The Morgan fingerprint density at radius 1 is 1.31 bits per heavy atom. The molecular weight excluding hydrogens is 158 g/mol. The summed E-state index contributed by atoms with van der Waals surface area (Å²) < 4.78 is 0. The van der Waals surface area contributed by atoms with E-state index in [1.54, 1.807) is 0 Å². The molecule has 1 nitrogen and oxygen atoms in total. The van der Waals surface area contributed by atoms with Crippen molar-refractivity contribution in [3.63, 3.8) is 0 Å². The highest BCUT2D eigenvalue weighted by Gasteiger charge is 2.27. The molecule has 1 saturated carbocycles. The fraction of sp³-hybridized carbons (Fsp3) is 1.00. The summed E-state index contributed by atoms with van der Waals surface area (Å²) in [6.45, 7) is 5.95. The van der Waals surface area contributed by atoms with Crippen molar-refractivity contribution in [2.24, 2.45) is 17.8 Å². The second kappa shape index (κ2) is 5.64. The van der Waals surface area contributed by atoms with Crippen LogP contribution in [0.25, 0.3) is 0 Å². The molecule has 0 aromatic rings. The molecule has 1 rings (SSSR count). The zero-order chi connectivity index (χ0) is 9.68. The second-order valence-electron chi connectivity index (χ2n) is 4.76. The molecule has 1 fully saturated rings. The highest BCUT2D eigenvalue weighted by molar-refractivity contribution is 4.79. The molecule has 1 N–H and O–H groups in total. The Labute approximate surface area is 83.3 Å². The number of hydrogen-bond donors (Lipinski definition) is 1. The van der Waals surface area contributed by atoms with E-state index in [0.717, 1.165) is 17.8 Å². The number of rotatable bonds is 5. The maximum Gasteiger partial charge on any atom is -0.00209 e. The van der Waals surface area contributed by atoms with Crippen LogP contribution in [0.4, 0.5) is 0 Å². The maximum atomic E-state index is 3.33. The van der Waals surface area contributed by atoms with Crippen LogP contribution < -0.4 is 5.32 Å². The first-order chi connectivity index (χ1) is 6.27. The van der Waals surface area contributed by atoms with Crippen molar-refractivity contribution >= 4 is 0 Å². The van der Waals surface area contributed by atoms with Crippen LogP contribution >= 0.6 is 0 Å². The van der Waals surface area contributed by atoms with Gasteiger partial charge in [0.25, 0.3) is 0 Å². The van der Waals surface area contributed by atoms with Gasteiger partial charge in [-0.15, -0.1) is 0 Å². The van der Waals surface area contributed by atoms with Crippen molar-refractivity contribution < 1.29 is 0 Å².